The van der Waals surface area contributed by atoms with E-state index >= 15 is 0 Å². The minimum atomic E-state index is -0.884. The van der Waals surface area contributed by atoms with Gasteiger partial charge in [-0.15, -0.1) is 0 Å². The number of rotatable bonds is 6. The quantitative estimate of drug-likeness (QED) is 0.834. The first-order valence-corrected chi connectivity index (χ1v) is 8.85. The van der Waals surface area contributed by atoms with Crippen LogP contribution in [-0.4, -0.2) is 30.8 Å². The molecule has 1 N–H and O–H groups in total. The molecule has 0 spiro atoms. The Balaban J connectivity index is 1.62. The number of carbonyl (C=O) groups is 1. The molecule has 1 unspecified atom stereocenters. The fourth-order valence-electron chi connectivity index (χ4n) is 2.96. The number of nitrogens with zero attached hydrogens (tertiary/aromatic N) is 2. The van der Waals surface area contributed by atoms with Crippen molar-refractivity contribution in [3.05, 3.63) is 59.7 Å². The lowest BCUT2D eigenvalue weighted by Crippen LogP contribution is -2.28. The highest BCUT2D eigenvalue weighted by atomic mass is 19.1. The number of hydrogen-bond acceptors (Lipinski definition) is 4. The third-order valence-electron chi connectivity index (χ3n) is 4.46. The summed E-state index contributed by atoms with van der Waals surface area (Å²) in [6.07, 6.45) is -0.811. The van der Waals surface area contributed by atoms with E-state index in [1.165, 1.54) is 0 Å². The van der Waals surface area contributed by atoms with Crippen molar-refractivity contribution < 1.29 is 18.4 Å². The average molecular weight is 373 g/mol. The molecule has 0 fully saturated rings. The molecule has 1 amide bonds. The van der Waals surface area contributed by atoms with E-state index in [-0.39, 0.29) is 23.6 Å². The van der Waals surface area contributed by atoms with Gasteiger partial charge < -0.3 is 15.1 Å². The van der Waals surface area contributed by atoms with Crippen LogP contribution in [0.2, 0.25) is 0 Å². The second kappa shape index (κ2) is 8.16. The maximum absolute atomic E-state index is 13.9. The summed E-state index contributed by atoms with van der Waals surface area (Å²) < 4.78 is 27.2. The van der Waals surface area contributed by atoms with Gasteiger partial charge in [0.25, 0.3) is 5.91 Å². The Labute approximate surface area is 156 Å². The van der Waals surface area contributed by atoms with E-state index in [4.69, 9.17) is 4.84 Å². The van der Waals surface area contributed by atoms with E-state index in [0.29, 0.717) is 5.69 Å². The van der Waals surface area contributed by atoms with Crippen molar-refractivity contribution in [2.75, 3.05) is 23.3 Å². The maximum atomic E-state index is 13.9. The number of nitrogens with one attached hydrogen (secondary N) is 1. The average Bonchev–Trinajstić information content (AvgIpc) is 3.16. The minimum Gasteiger partial charge on any atom is -0.382 e. The number of benzene rings is 2. The molecule has 1 aliphatic heterocycles. The first kappa shape index (κ1) is 18.8. The van der Waals surface area contributed by atoms with Gasteiger partial charge in [-0.05, 0) is 56.3 Å². The van der Waals surface area contributed by atoms with Crippen molar-refractivity contribution in [1.29, 1.82) is 0 Å². The predicted octanol–water partition coefficient (Wildman–Crippen LogP) is 3.94. The highest BCUT2D eigenvalue weighted by molar-refractivity contribution is 6.06. The fraction of sp³-hybridized carbons (Fsp3) is 0.300. The van der Waals surface area contributed by atoms with Gasteiger partial charge in [0.1, 0.15) is 11.6 Å². The lowest BCUT2D eigenvalue weighted by atomic mass is 10.0. The summed E-state index contributed by atoms with van der Waals surface area (Å²) in [5, 5.41) is 6.51. The summed E-state index contributed by atoms with van der Waals surface area (Å²) in [6, 6.07) is 10.6. The van der Waals surface area contributed by atoms with Crippen LogP contribution in [0.15, 0.2) is 47.6 Å². The number of amides is 1. The van der Waals surface area contributed by atoms with Crippen LogP contribution in [0.25, 0.3) is 0 Å². The second-order valence-electron chi connectivity index (χ2n) is 6.17. The minimum absolute atomic E-state index is 0.00822. The molecular formula is C20H21F2N3O2. The topological polar surface area (TPSA) is 53.9 Å². The molecule has 1 aliphatic rings. The van der Waals surface area contributed by atoms with Crippen molar-refractivity contribution in [1.82, 2.24) is 0 Å². The van der Waals surface area contributed by atoms with Crippen molar-refractivity contribution >= 4 is 23.0 Å². The lowest BCUT2D eigenvalue weighted by molar-refractivity contribution is -0.125. The third-order valence-corrected chi connectivity index (χ3v) is 4.46. The number of carbonyl (C=O) groups excluding carboxylic acids is 1. The summed E-state index contributed by atoms with van der Waals surface area (Å²) >= 11 is 0. The molecule has 27 heavy (non-hydrogen) atoms. The van der Waals surface area contributed by atoms with Gasteiger partial charge in [-0.1, -0.05) is 5.16 Å². The Kier molecular flexibility index (Phi) is 5.69. The van der Waals surface area contributed by atoms with Gasteiger partial charge in [0.15, 0.2) is 0 Å². The van der Waals surface area contributed by atoms with Gasteiger partial charge in [-0.25, -0.2) is 8.78 Å². The van der Waals surface area contributed by atoms with E-state index in [2.05, 4.69) is 29.2 Å². The van der Waals surface area contributed by atoms with Crippen molar-refractivity contribution in [3.63, 3.8) is 0 Å². The van der Waals surface area contributed by atoms with Crippen LogP contribution >= 0.6 is 0 Å². The number of anilines is 2. The molecule has 0 saturated heterocycles. The van der Waals surface area contributed by atoms with E-state index in [9.17, 15) is 13.6 Å². The van der Waals surface area contributed by atoms with Gasteiger partial charge in [0.05, 0.1) is 5.71 Å². The van der Waals surface area contributed by atoms with Crippen LogP contribution in [0, 0.1) is 11.6 Å². The molecule has 0 radical (unpaired) electrons. The van der Waals surface area contributed by atoms with Crippen LogP contribution in [0.1, 0.15) is 25.8 Å². The Hall–Kier alpha value is -2.96. The van der Waals surface area contributed by atoms with Crippen LogP contribution in [0.5, 0.6) is 0 Å². The molecule has 142 valence electrons. The fourth-order valence-corrected chi connectivity index (χ4v) is 2.96. The molecule has 0 saturated carbocycles. The van der Waals surface area contributed by atoms with Crippen LogP contribution < -0.4 is 10.2 Å². The number of halogens is 2. The summed E-state index contributed by atoms with van der Waals surface area (Å²) in [6.45, 7) is 5.95. The number of hydrogen-bond donors (Lipinski definition) is 1. The SMILES string of the molecule is CCN(CC)c1ccc(NC(=O)C2CC(c3cc(F)ccc3F)=NO2)cc1. The first-order valence-electron chi connectivity index (χ1n) is 8.85. The van der Waals surface area contributed by atoms with Crippen LogP contribution in [-0.2, 0) is 9.63 Å². The van der Waals surface area contributed by atoms with Gasteiger partial charge in [-0.2, -0.15) is 0 Å². The highest BCUT2D eigenvalue weighted by Crippen LogP contribution is 2.22. The zero-order chi connectivity index (χ0) is 19.4. The van der Waals surface area contributed by atoms with Gasteiger partial charge in [0.2, 0.25) is 6.10 Å². The zero-order valence-corrected chi connectivity index (χ0v) is 15.2. The van der Waals surface area contributed by atoms with Crippen LogP contribution in [0.3, 0.4) is 0 Å². The smallest absolute Gasteiger partial charge is 0.268 e. The largest absolute Gasteiger partial charge is 0.382 e. The maximum Gasteiger partial charge on any atom is 0.268 e. The molecule has 2 aromatic rings. The van der Waals surface area contributed by atoms with Gasteiger partial charge in [0, 0.05) is 36.4 Å². The van der Waals surface area contributed by atoms with Crippen molar-refractivity contribution in [2.24, 2.45) is 5.16 Å². The summed E-state index contributed by atoms with van der Waals surface area (Å²) in [7, 11) is 0. The summed E-state index contributed by atoms with van der Waals surface area (Å²) in [5.41, 5.74) is 1.92. The van der Waals surface area contributed by atoms with E-state index in [0.717, 1.165) is 37.0 Å². The van der Waals surface area contributed by atoms with E-state index in [1.807, 2.05) is 24.3 Å². The molecule has 1 heterocycles. The molecule has 0 bridgehead atoms. The standard InChI is InChI=1S/C20H21F2N3O2/c1-3-25(4-2)15-8-6-14(7-9-15)23-20(26)19-12-18(24-27-19)16-11-13(21)5-10-17(16)22/h5-11,19H,3-4,12H2,1-2H3,(H,23,26). The Morgan fingerprint density at radius 2 is 1.89 bits per heavy atom. The van der Waals surface area contributed by atoms with E-state index < -0.39 is 17.7 Å². The summed E-state index contributed by atoms with van der Waals surface area (Å²) in [5.74, 6) is -1.57. The molecule has 0 aromatic heterocycles. The monoisotopic (exact) mass is 373 g/mol. The molecular weight excluding hydrogens is 352 g/mol. The van der Waals surface area contributed by atoms with Gasteiger partial charge >= 0.3 is 0 Å². The number of oxime groups is 1. The predicted molar refractivity (Wildman–Crippen MR) is 101 cm³/mol. The summed E-state index contributed by atoms with van der Waals surface area (Å²) in [4.78, 5) is 19.7. The third kappa shape index (κ3) is 4.24. The Bertz CT molecular complexity index is 849. The Morgan fingerprint density at radius 3 is 2.56 bits per heavy atom. The van der Waals surface area contributed by atoms with Gasteiger partial charge in [-0.3, -0.25) is 4.79 Å². The molecule has 3 rings (SSSR count). The molecule has 5 nitrogen and oxygen atoms in total. The van der Waals surface area contributed by atoms with Crippen molar-refractivity contribution in [2.45, 2.75) is 26.4 Å². The van der Waals surface area contributed by atoms with Crippen LogP contribution in [0.4, 0.5) is 20.2 Å². The van der Waals surface area contributed by atoms with E-state index in [1.54, 1.807) is 0 Å². The lowest BCUT2D eigenvalue weighted by Gasteiger charge is -2.21. The second-order valence-corrected chi connectivity index (χ2v) is 6.17. The first-order chi connectivity index (χ1) is 13.0. The highest BCUT2D eigenvalue weighted by Gasteiger charge is 2.30. The molecule has 2 aromatic carbocycles. The normalized spacial score (nSPS) is 15.9. The van der Waals surface area contributed by atoms with Crippen molar-refractivity contribution in [3.8, 4) is 0 Å². The Morgan fingerprint density at radius 1 is 1.19 bits per heavy atom. The molecule has 7 heteroatoms. The zero-order valence-electron chi connectivity index (χ0n) is 15.2. The molecule has 0 aliphatic carbocycles. The molecule has 1 atom stereocenters.